The van der Waals surface area contributed by atoms with E-state index >= 15 is 0 Å². The smallest absolute Gasteiger partial charge is 0.0859 e. The van der Waals surface area contributed by atoms with E-state index in [1.165, 1.54) is 49.7 Å². The summed E-state index contributed by atoms with van der Waals surface area (Å²) >= 11 is 0. The van der Waals surface area contributed by atoms with E-state index in [9.17, 15) is 0 Å². The predicted molar refractivity (Wildman–Crippen MR) is 171 cm³/mol. The summed E-state index contributed by atoms with van der Waals surface area (Å²) in [6, 6.07) is 43.3. The maximum absolute atomic E-state index is 4.34. The highest BCUT2D eigenvalue weighted by Crippen LogP contribution is 2.47. The molecule has 0 unspecified atom stereocenters. The lowest BCUT2D eigenvalue weighted by Gasteiger charge is -2.33. The summed E-state index contributed by atoms with van der Waals surface area (Å²) in [7, 11) is 0. The quantitative estimate of drug-likeness (QED) is 0.214. The fourth-order valence-electron chi connectivity index (χ4n) is 6.32. The van der Waals surface area contributed by atoms with Crippen molar-refractivity contribution in [1.29, 1.82) is 0 Å². The second kappa shape index (κ2) is 9.32. The van der Waals surface area contributed by atoms with Gasteiger partial charge in [0.05, 0.1) is 22.4 Å². The number of para-hydroxylation sites is 4. The molecule has 0 atom stereocenters. The van der Waals surface area contributed by atoms with Crippen molar-refractivity contribution in [1.82, 2.24) is 9.55 Å². The van der Waals surface area contributed by atoms with Crippen LogP contribution < -0.4 is 4.90 Å². The monoisotopic (exact) mass is 526 g/mol. The number of fused-ring (bicyclic) bond motifs is 6. The molecule has 3 heterocycles. The Kier molecular flexibility index (Phi) is 5.32. The molecule has 4 nitrogen and oxygen atoms in total. The van der Waals surface area contributed by atoms with Gasteiger partial charge in [0, 0.05) is 46.6 Å². The van der Waals surface area contributed by atoms with Crippen molar-refractivity contribution in [2.24, 2.45) is 4.99 Å². The minimum Gasteiger partial charge on any atom is -0.335 e. The zero-order valence-corrected chi connectivity index (χ0v) is 22.4. The van der Waals surface area contributed by atoms with E-state index in [2.05, 4.69) is 135 Å². The molecular formula is C37H26N4. The summed E-state index contributed by atoms with van der Waals surface area (Å²) in [4.78, 5) is 10.9. The van der Waals surface area contributed by atoms with Crippen LogP contribution in [0, 0.1) is 0 Å². The van der Waals surface area contributed by atoms with Crippen molar-refractivity contribution in [2.45, 2.75) is 6.54 Å². The minimum absolute atomic E-state index is 0.743. The molecule has 0 radical (unpaired) electrons. The number of nitrogens with zero attached hydrogens (tertiary/aromatic N) is 4. The molecule has 0 saturated heterocycles. The molecule has 0 spiro atoms. The van der Waals surface area contributed by atoms with Crippen LogP contribution in [0.3, 0.4) is 0 Å². The van der Waals surface area contributed by atoms with Gasteiger partial charge in [-0.1, -0.05) is 60.7 Å². The fraction of sp³-hybridized carbons (Fsp3) is 0.0270. The second-order valence-corrected chi connectivity index (χ2v) is 10.4. The lowest BCUT2D eigenvalue weighted by molar-refractivity contribution is 0.962. The molecular weight excluding hydrogens is 500 g/mol. The topological polar surface area (TPSA) is 33.4 Å². The molecule has 2 aromatic heterocycles. The van der Waals surface area contributed by atoms with Crippen molar-refractivity contribution in [3.05, 3.63) is 139 Å². The zero-order chi connectivity index (χ0) is 27.3. The first kappa shape index (κ1) is 23.4. The third-order valence-corrected chi connectivity index (χ3v) is 8.17. The molecule has 194 valence electrons. The lowest BCUT2D eigenvalue weighted by Crippen LogP contribution is -2.21. The Balaban J connectivity index is 1.38. The fourth-order valence-corrected chi connectivity index (χ4v) is 6.32. The van der Waals surface area contributed by atoms with Gasteiger partial charge in [-0.2, -0.15) is 0 Å². The zero-order valence-electron chi connectivity index (χ0n) is 22.4. The van der Waals surface area contributed by atoms with E-state index in [1.807, 2.05) is 24.5 Å². The van der Waals surface area contributed by atoms with Crippen LogP contribution in [0.1, 0.15) is 5.56 Å². The minimum atomic E-state index is 0.743. The molecule has 0 saturated carbocycles. The molecule has 0 fully saturated rings. The standard InChI is InChI=1S/C37H26N4/c1-38-33-13-4-7-16-36(33)40-24-27-22-37-32(23-31(27)29-11-2-5-14-34(29)40)30-12-3-6-15-35(30)41(37)28-10-8-9-26(21-28)25-17-19-39-20-18-25/h2-23H,1,24H2. The van der Waals surface area contributed by atoms with E-state index in [0.717, 1.165) is 29.2 Å². The number of pyridine rings is 1. The molecule has 1 aliphatic rings. The van der Waals surface area contributed by atoms with Gasteiger partial charge in [-0.25, -0.2) is 0 Å². The molecule has 8 rings (SSSR count). The molecule has 0 amide bonds. The number of aromatic nitrogens is 2. The first-order valence-corrected chi connectivity index (χ1v) is 13.8. The van der Waals surface area contributed by atoms with Gasteiger partial charge in [0.25, 0.3) is 0 Å². The first-order chi connectivity index (χ1) is 20.3. The van der Waals surface area contributed by atoms with Gasteiger partial charge in [0.2, 0.25) is 0 Å². The van der Waals surface area contributed by atoms with Crippen LogP contribution in [0.15, 0.2) is 139 Å². The van der Waals surface area contributed by atoms with E-state index in [-0.39, 0.29) is 0 Å². The van der Waals surface area contributed by atoms with Gasteiger partial charge >= 0.3 is 0 Å². The SMILES string of the molecule is C=Nc1ccccc1N1Cc2cc3c(cc2-c2ccccc21)c1ccccc1n3-c1cccc(-c2ccncc2)c1. The van der Waals surface area contributed by atoms with Crippen molar-refractivity contribution >= 4 is 45.6 Å². The maximum atomic E-state index is 4.34. The van der Waals surface area contributed by atoms with Crippen LogP contribution in [-0.2, 0) is 6.54 Å². The Morgan fingerprint density at radius 3 is 2.27 bits per heavy atom. The van der Waals surface area contributed by atoms with Gasteiger partial charge in [-0.15, -0.1) is 0 Å². The average molecular weight is 527 g/mol. The number of aliphatic imine (C=N–C) groups is 1. The third-order valence-electron chi connectivity index (χ3n) is 8.17. The number of hydrogen-bond acceptors (Lipinski definition) is 3. The average Bonchev–Trinajstić information content (AvgIpc) is 3.37. The molecule has 7 aromatic rings. The Bertz CT molecular complexity index is 2110. The summed E-state index contributed by atoms with van der Waals surface area (Å²) in [6.07, 6.45) is 3.69. The summed E-state index contributed by atoms with van der Waals surface area (Å²) in [5.74, 6) is 0. The summed E-state index contributed by atoms with van der Waals surface area (Å²) in [5, 5.41) is 2.51. The van der Waals surface area contributed by atoms with Crippen molar-refractivity contribution in [2.75, 3.05) is 4.90 Å². The van der Waals surface area contributed by atoms with Crippen LogP contribution in [0.2, 0.25) is 0 Å². The van der Waals surface area contributed by atoms with Gasteiger partial charge in [-0.3, -0.25) is 9.98 Å². The molecule has 4 heteroatoms. The first-order valence-electron chi connectivity index (χ1n) is 13.8. The van der Waals surface area contributed by atoms with Gasteiger partial charge in [0.15, 0.2) is 0 Å². The number of benzene rings is 5. The normalized spacial score (nSPS) is 12.3. The summed E-state index contributed by atoms with van der Waals surface area (Å²) in [5.41, 5.74) is 12.8. The van der Waals surface area contributed by atoms with E-state index in [4.69, 9.17) is 0 Å². The van der Waals surface area contributed by atoms with Gasteiger partial charge in [0.1, 0.15) is 0 Å². The van der Waals surface area contributed by atoms with Crippen LogP contribution in [-0.4, -0.2) is 16.3 Å². The van der Waals surface area contributed by atoms with E-state index in [1.54, 1.807) is 0 Å². The van der Waals surface area contributed by atoms with Gasteiger partial charge in [-0.05, 0) is 89.6 Å². The highest BCUT2D eigenvalue weighted by atomic mass is 15.2. The largest absolute Gasteiger partial charge is 0.335 e. The van der Waals surface area contributed by atoms with Crippen molar-refractivity contribution < 1.29 is 0 Å². The Labute approximate surface area is 238 Å². The molecule has 5 aromatic carbocycles. The van der Waals surface area contributed by atoms with Crippen LogP contribution in [0.5, 0.6) is 0 Å². The van der Waals surface area contributed by atoms with Crippen LogP contribution in [0.4, 0.5) is 17.1 Å². The van der Waals surface area contributed by atoms with E-state index < -0.39 is 0 Å². The Hall–Kier alpha value is -5.48. The number of rotatable bonds is 4. The number of anilines is 2. The van der Waals surface area contributed by atoms with E-state index in [0.29, 0.717) is 0 Å². The highest BCUT2D eigenvalue weighted by Gasteiger charge is 2.26. The van der Waals surface area contributed by atoms with Crippen molar-refractivity contribution in [3.63, 3.8) is 0 Å². The summed E-state index contributed by atoms with van der Waals surface area (Å²) in [6.45, 7) is 4.59. The second-order valence-electron chi connectivity index (χ2n) is 10.4. The third kappa shape index (κ3) is 3.69. The van der Waals surface area contributed by atoms with Crippen LogP contribution in [0.25, 0.3) is 49.7 Å². The highest BCUT2D eigenvalue weighted by molar-refractivity contribution is 6.11. The summed E-state index contributed by atoms with van der Waals surface area (Å²) < 4.78 is 2.40. The van der Waals surface area contributed by atoms with Crippen molar-refractivity contribution in [3.8, 4) is 27.9 Å². The maximum Gasteiger partial charge on any atom is 0.0859 e. The molecule has 0 bridgehead atoms. The molecule has 41 heavy (non-hydrogen) atoms. The predicted octanol–water partition coefficient (Wildman–Crippen LogP) is 9.50. The molecule has 1 aliphatic heterocycles. The van der Waals surface area contributed by atoms with Crippen LogP contribution >= 0.6 is 0 Å². The Morgan fingerprint density at radius 1 is 0.610 bits per heavy atom. The molecule has 0 N–H and O–H groups in total. The Morgan fingerprint density at radius 2 is 1.39 bits per heavy atom. The number of hydrogen-bond donors (Lipinski definition) is 0. The van der Waals surface area contributed by atoms with Gasteiger partial charge < -0.3 is 9.47 Å². The lowest BCUT2D eigenvalue weighted by atomic mass is 9.91. The molecule has 0 aliphatic carbocycles.